The van der Waals surface area contributed by atoms with Crippen LogP contribution in [-0.2, 0) is 0 Å². The van der Waals surface area contributed by atoms with Crippen LogP contribution >= 0.6 is 0 Å². The number of nitrogens with zero attached hydrogens (tertiary/aromatic N) is 2. The van der Waals surface area contributed by atoms with E-state index in [1.165, 1.54) is 19.3 Å². The van der Waals surface area contributed by atoms with Gasteiger partial charge in [0.2, 0.25) is 0 Å². The molecule has 3 rings (SSSR count). The number of rotatable bonds is 6. The first kappa shape index (κ1) is 13.8. The molecular weight excluding hydrogens is 253 g/mol. The first-order valence-corrected chi connectivity index (χ1v) is 7.78. The fourth-order valence-electron chi connectivity index (χ4n) is 2.82. The number of halogens is 1. The van der Waals surface area contributed by atoms with Crippen molar-refractivity contribution in [2.45, 2.75) is 25.3 Å². The van der Waals surface area contributed by atoms with Gasteiger partial charge in [-0.15, -0.1) is 0 Å². The highest BCUT2D eigenvalue weighted by Crippen LogP contribution is 2.20. The molecule has 1 saturated heterocycles. The predicted octanol–water partition coefficient (Wildman–Crippen LogP) is 2.09. The lowest BCUT2D eigenvalue weighted by molar-refractivity contribution is 0.253. The maximum Gasteiger partial charge on any atom is 0.146 e. The van der Waals surface area contributed by atoms with Gasteiger partial charge in [-0.3, -0.25) is 4.90 Å². The second kappa shape index (κ2) is 6.55. The van der Waals surface area contributed by atoms with Gasteiger partial charge in [-0.05, 0) is 44.5 Å². The Labute approximate surface area is 120 Å². The van der Waals surface area contributed by atoms with Crippen LogP contribution in [-0.4, -0.2) is 50.2 Å². The second-order valence-electron chi connectivity index (χ2n) is 5.86. The van der Waals surface area contributed by atoms with E-state index in [-0.39, 0.29) is 5.82 Å². The van der Waals surface area contributed by atoms with Gasteiger partial charge in [0.15, 0.2) is 0 Å². The van der Waals surface area contributed by atoms with Gasteiger partial charge in [-0.2, -0.15) is 0 Å². The summed E-state index contributed by atoms with van der Waals surface area (Å²) in [6, 6.07) is 7.90. The minimum atomic E-state index is -0.102. The highest BCUT2D eigenvalue weighted by Gasteiger charge is 2.21. The molecule has 1 heterocycles. The zero-order chi connectivity index (χ0) is 13.8. The van der Waals surface area contributed by atoms with Crippen molar-refractivity contribution in [2.75, 3.05) is 44.2 Å². The van der Waals surface area contributed by atoms with E-state index in [1.54, 1.807) is 12.1 Å². The quantitative estimate of drug-likeness (QED) is 0.803. The molecule has 1 N–H and O–H groups in total. The summed E-state index contributed by atoms with van der Waals surface area (Å²) < 4.78 is 13.7. The minimum Gasteiger partial charge on any atom is -0.367 e. The highest BCUT2D eigenvalue weighted by molar-refractivity contribution is 5.47. The molecule has 1 aromatic rings. The van der Waals surface area contributed by atoms with Crippen LogP contribution in [0.2, 0.25) is 0 Å². The van der Waals surface area contributed by atoms with Crippen molar-refractivity contribution in [2.24, 2.45) is 0 Å². The largest absolute Gasteiger partial charge is 0.367 e. The maximum atomic E-state index is 13.7. The van der Waals surface area contributed by atoms with Crippen molar-refractivity contribution < 1.29 is 4.39 Å². The zero-order valence-electron chi connectivity index (χ0n) is 12.0. The van der Waals surface area contributed by atoms with Gasteiger partial charge >= 0.3 is 0 Å². The number of hydrogen-bond acceptors (Lipinski definition) is 3. The van der Waals surface area contributed by atoms with E-state index in [2.05, 4.69) is 15.1 Å². The van der Waals surface area contributed by atoms with Gasteiger partial charge in [0.25, 0.3) is 0 Å². The van der Waals surface area contributed by atoms with E-state index < -0.39 is 0 Å². The smallest absolute Gasteiger partial charge is 0.146 e. The van der Waals surface area contributed by atoms with E-state index in [9.17, 15) is 4.39 Å². The molecule has 1 aromatic carbocycles. The summed E-state index contributed by atoms with van der Waals surface area (Å²) in [5.74, 6) is -0.102. The molecular formula is C16H24FN3. The Bertz CT molecular complexity index is 425. The Morgan fingerprint density at radius 2 is 1.85 bits per heavy atom. The van der Waals surface area contributed by atoms with Crippen LogP contribution in [0, 0.1) is 5.82 Å². The van der Waals surface area contributed by atoms with Crippen LogP contribution in [0.15, 0.2) is 24.3 Å². The maximum absolute atomic E-state index is 13.7. The van der Waals surface area contributed by atoms with E-state index in [0.717, 1.165) is 51.0 Å². The molecule has 1 aliphatic carbocycles. The summed E-state index contributed by atoms with van der Waals surface area (Å²) in [7, 11) is 0. The summed E-state index contributed by atoms with van der Waals surface area (Å²) >= 11 is 0. The molecule has 1 aliphatic heterocycles. The third kappa shape index (κ3) is 3.70. The third-order valence-electron chi connectivity index (χ3n) is 4.23. The first-order chi connectivity index (χ1) is 9.83. The van der Waals surface area contributed by atoms with Crippen LogP contribution in [0.5, 0.6) is 0 Å². The Balaban J connectivity index is 1.39. The molecule has 0 radical (unpaired) electrons. The molecule has 0 bridgehead atoms. The lowest BCUT2D eigenvalue weighted by Gasteiger charge is -2.36. The average molecular weight is 277 g/mol. The lowest BCUT2D eigenvalue weighted by Crippen LogP contribution is -2.47. The van der Waals surface area contributed by atoms with Gasteiger partial charge in [0.1, 0.15) is 5.82 Å². The Morgan fingerprint density at radius 3 is 2.55 bits per heavy atom. The van der Waals surface area contributed by atoms with Crippen LogP contribution < -0.4 is 10.2 Å². The molecule has 20 heavy (non-hydrogen) atoms. The molecule has 0 amide bonds. The molecule has 0 unspecified atom stereocenters. The van der Waals surface area contributed by atoms with E-state index in [1.807, 2.05) is 12.1 Å². The summed E-state index contributed by atoms with van der Waals surface area (Å²) in [6.45, 7) is 6.23. The van der Waals surface area contributed by atoms with Crippen molar-refractivity contribution in [1.29, 1.82) is 0 Å². The number of nitrogens with one attached hydrogen (secondary N) is 1. The Hall–Kier alpha value is -1.13. The van der Waals surface area contributed by atoms with Crippen molar-refractivity contribution in [1.82, 2.24) is 10.2 Å². The first-order valence-electron chi connectivity index (χ1n) is 7.78. The van der Waals surface area contributed by atoms with Gasteiger partial charge in [0.05, 0.1) is 5.69 Å². The van der Waals surface area contributed by atoms with Gasteiger partial charge < -0.3 is 10.2 Å². The van der Waals surface area contributed by atoms with Crippen LogP contribution in [0.3, 0.4) is 0 Å². The summed E-state index contributed by atoms with van der Waals surface area (Å²) in [6.07, 6.45) is 3.94. The number of anilines is 1. The SMILES string of the molecule is Fc1ccccc1N1CCN(CCCNC2CC2)CC1. The molecule has 2 fully saturated rings. The molecule has 110 valence electrons. The van der Waals surface area contributed by atoms with Crippen molar-refractivity contribution >= 4 is 5.69 Å². The standard InChI is InChI=1S/C16H24FN3/c17-15-4-1-2-5-16(15)20-12-10-19(11-13-20)9-3-8-18-14-6-7-14/h1-2,4-5,14,18H,3,6-13H2. The molecule has 1 saturated carbocycles. The van der Waals surface area contributed by atoms with Crippen molar-refractivity contribution in [3.63, 3.8) is 0 Å². The van der Waals surface area contributed by atoms with Gasteiger partial charge in [-0.1, -0.05) is 12.1 Å². The van der Waals surface area contributed by atoms with Gasteiger partial charge in [-0.25, -0.2) is 4.39 Å². The summed E-state index contributed by atoms with van der Waals surface area (Å²) in [5.41, 5.74) is 0.752. The molecule has 0 aromatic heterocycles. The lowest BCUT2D eigenvalue weighted by atomic mass is 10.2. The Morgan fingerprint density at radius 1 is 1.10 bits per heavy atom. The predicted molar refractivity (Wildman–Crippen MR) is 80.7 cm³/mol. The van der Waals surface area contributed by atoms with E-state index in [0.29, 0.717) is 0 Å². The molecule has 2 aliphatic rings. The monoisotopic (exact) mass is 277 g/mol. The van der Waals surface area contributed by atoms with E-state index >= 15 is 0 Å². The van der Waals surface area contributed by atoms with Crippen LogP contribution in [0.1, 0.15) is 19.3 Å². The fourth-order valence-corrected chi connectivity index (χ4v) is 2.82. The molecule has 0 atom stereocenters. The number of benzene rings is 1. The van der Waals surface area contributed by atoms with E-state index in [4.69, 9.17) is 0 Å². The minimum absolute atomic E-state index is 0.102. The summed E-state index contributed by atoms with van der Waals surface area (Å²) in [5, 5.41) is 3.55. The molecule has 0 spiro atoms. The van der Waals surface area contributed by atoms with Gasteiger partial charge in [0, 0.05) is 32.2 Å². The fraction of sp³-hybridized carbons (Fsp3) is 0.625. The van der Waals surface area contributed by atoms with Crippen molar-refractivity contribution in [3.05, 3.63) is 30.1 Å². The Kier molecular flexibility index (Phi) is 4.53. The van der Waals surface area contributed by atoms with Crippen molar-refractivity contribution in [3.8, 4) is 0 Å². The molecule has 3 nitrogen and oxygen atoms in total. The number of piperazine rings is 1. The third-order valence-corrected chi connectivity index (χ3v) is 4.23. The number of para-hydroxylation sites is 1. The molecule has 4 heteroatoms. The zero-order valence-corrected chi connectivity index (χ0v) is 12.0. The highest BCUT2D eigenvalue weighted by atomic mass is 19.1. The topological polar surface area (TPSA) is 18.5 Å². The normalized spacial score (nSPS) is 20.4. The number of hydrogen-bond donors (Lipinski definition) is 1. The van der Waals surface area contributed by atoms with Crippen LogP contribution in [0.25, 0.3) is 0 Å². The average Bonchev–Trinajstić information content (AvgIpc) is 3.29. The summed E-state index contributed by atoms with van der Waals surface area (Å²) in [4.78, 5) is 4.65. The van der Waals surface area contributed by atoms with Crippen LogP contribution in [0.4, 0.5) is 10.1 Å². The second-order valence-corrected chi connectivity index (χ2v) is 5.86.